The van der Waals surface area contributed by atoms with Crippen molar-refractivity contribution in [3.8, 4) is 0 Å². The predicted octanol–water partition coefficient (Wildman–Crippen LogP) is 6.65. The Labute approximate surface area is 203 Å². The standard InChI is InChI=1S/C28H35N3O2Si/c1-6-32-28(21-20-23-12-8-7-9-13-23,31-26-15-11-10-14-25(26)29-30-31)27(33-34(3,4)5)24-18-16-22(2)17-19-24/h7-19,27H,6,20-21H2,1-5H3. The molecule has 0 saturated carbocycles. The van der Waals surface area contributed by atoms with Crippen molar-refractivity contribution < 1.29 is 9.16 Å². The maximum absolute atomic E-state index is 6.97. The lowest BCUT2D eigenvalue weighted by molar-refractivity contribution is -0.182. The lowest BCUT2D eigenvalue weighted by atomic mass is 9.91. The third-order valence-corrected chi connectivity index (χ3v) is 6.92. The van der Waals surface area contributed by atoms with Crippen LogP contribution in [0.4, 0.5) is 0 Å². The summed E-state index contributed by atoms with van der Waals surface area (Å²) < 4.78 is 15.7. The van der Waals surface area contributed by atoms with Crippen LogP contribution in [0, 0.1) is 6.92 Å². The number of rotatable bonds is 10. The number of aryl methyl sites for hydroxylation is 2. The molecule has 0 N–H and O–H groups in total. The SMILES string of the molecule is CCOC(CCc1ccccc1)(C(O[Si](C)(C)C)c1ccc(C)cc1)n1nnc2ccccc21. The lowest BCUT2D eigenvalue weighted by Gasteiger charge is -2.43. The van der Waals surface area contributed by atoms with E-state index in [0.717, 1.165) is 23.0 Å². The number of hydrogen-bond donors (Lipinski definition) is 0. The van der Waals surface area contributed by atoms with Crippen LogP contribution in [0.2, 0.25) is 19.6 Å². The molecule has 0 aliphatic rings. The van der Waals surface area contributed by atoms with Gasteiger partial charge < -0.3 is 9.16 Å². The monoisotopic (exact) mass is 473 g/mol. The Hall–Kier alpha value is -2.80. The molecule has 1 aromatic heterocycles. The highest BCUT2D eigenvalue weighted by Gasteiger charge is 2.47. The van der Waals surface area contributed by atoms with E-state index in [1.807, 2.05) is 35.9 Å². The average Bonchev–Trinajstić information content (AvgIpc) is 3.26. The number of para-hydroxylation sites is 1. The third kappa shape index (κ3) is 5.30. The fraction of sp³-hybridized carbons (Fsp3) is 0.357. The molecule has 0 radical (unpaired) electrons. The summed E-state index contributed by atoms with van der Waals surface area (Å²) in [5, 5.41) is 9.17. The minimum Gasteiger partial charge on any atom is -0.406 e. The van der Waals surface area contributed by atoms with Gasteiger partial charge in [-0.1, -0.05) is 77.5 Å². The van der Waals surface area contributed by atoms with E-state index in [4.69, 9.17) is 9.16 Å². The fourth-order valence-electron chi connectivity index (χ4n) is 4.44. The van der Waals surface area contributed by atoms with Gasteiger partial charge in [0.05, 0.1) is 5.52 Å². The Kier molecular flexibility index (Phi) is 7.31. The summed E-state index contributed by atoms with van der Waals surface area (Å²) in [4.78, 5) is 0. The van der Waals surface area contributed by atoms with Crippen molar-refractivity contribution in [2.45, 2.75) is 58.2 Å². The predicted molar refractivity (Wildman–Crippen MR) is 140 cm³/mol. The van der Waals surface area contributed by atoms with Gasteiger partial charge >= 0.3 is 0 Å². The Morgan fingerprint density at radius 2 is 1.59 bits per heavy atom. The van der Waals surface area contributed by atoms with E-state index in [1.165, 1.54) is 11.1 Å². The van der Waals surface area contributed by atoms with E-state index in [9.17, 15) is 0 Å². The lowest BCUT2D eigenvalue weighted by Crippen LogP contribution is -2.48. The molecule has 0 aliphatic heterocycles. The topological polar surface area (TPSA) is 49.2 Å². The Morgan fingerprint density at radius 3 is 2.26 bits per heavy atom. The summed E-state index contributed by atoms with van der Waals surface area (Å²) >= 11 is 0. The van der Waals surface area contributed by atoms with Gasteiger partial charge in [0.25, 0.3) is 0 Å². The van der Waals surface area contributed by atoms with Gasteiger partial charge in [-0.15, -0.1) is 5.10 Å². The van der Waals surface area contributed by atoms with Gasteiger partial charge in [0, 0.05) is 13.0 Å². The molecule has 0 fully saturated rings. The highest BCUT2D eigenvalue weighted by atomic mass is 28.4. The molecule has 4 aromatic rings. The normalized spacial score (nSPS) is 14.7. The molecular weight excluding hydrogens is 438 g/mol. The van der Waals surface area contributed by atoms with Crippen molar-refractivity contribution in [3.05, 3.63) is 95.6 Å². The largest absolute Gasteiger partial charge is 0.406 e. The number of fused-ring (bicyclic) bond motifs is 1. The molecule has 2 atom stereocenters. The summed E-state index contributed by atoms with van der Waals surface area (Å²) in [6.45, 7) is 11.3. The van der Waals surface area contributed by atoms with Crippen molar-refractivity contribution >= 4 is 19.4 Å². The van der Waals surface area contributed by atoms with E-state index in [2.05, 4.69) is 91.5 Å². The average molecular weight is 474 g/mol. The third-order valence-electron chi connectivity index (χ3n) is 5.98. The summed E-state index contributed by atoms with van der Waals surface area (Å²) in [6, 6.07) is 27.2. The van der Waals surface area contributed by atoms with Gasteiger partial charge in [-0.25, -0.2) is 4.68 Å². The smallest absolute Gasteiger partial charge is 0.192 e. The van der Waals surface area contributed by atoms with E-state index in [-0.39, 0.29) is 6.10 Å². The second kappa shape index (κ2) is 10.2. The van der Waals surface area contributed by atoms with Crippen molar-refractivity contribution in [1.82, 2.24) is 15.0 Å². The van der Waals surface area contributed by atoms with Gasteiger partial charge in [0.2, 0.25) is 0 Å². The van der Waals surface area contributed by atoms with Gasteiger partial charge in [-0.2, -0.15) is 0 Å². The van der Waals surface area contributed by atoms with Crippen LogP contribution in [-0.4, -0.2) is 29.9 Å². The van der Waals surface area contributed by atoms with Crippen molar-refractivity contribution in [2.24, 2.45) is 0 Å². The van der Waals surface area contributed by atoms with E-state index in [0.29, 0.717) is 13.0 Å². The second-order valence-corrected chi connectivity index (χ2v) is 14.2. The maximum atomic E-state index is 6.97. The minimum atomic E-state index is -1.99. The Bertz CT molecular complexity index is 1200. The van der Waals surface area contributed by atoms with Crippen LogP contribution in [0.25, 0.3) is 11.0 Å². The minimum absolute atomic E-state index is 0.339. The fourth-order valence-corrected chi connectivity index (χ4v) is 5.47. The number of nitrogens with zero attached hydrogens (tertiary/aromatic N) is 3. The molecule has 0 amide bonds. The van der Waals surface area contributed by atoms with Crippen LogP contribution in [0.15, 0.2) is 78.9 Å². The molecule has 6 heteroatoms. The summed E-state index contributed by atoms with van der Waals surface area (Å²) in [5.74, 6) is 0. The molecule has 4 rings (SSSR count). The van der Waals surface area contributed by atoms with E-state index >= 15 is 0 Å². The van der Waals surface area contributed by atoms with Crippen molar-refractivity contribution in [1.29, 1.82) is 0 Å². The maximum Gasteiger partial charge on any atom is 0.192 e. The van der Waals surface area contributed by atoms with Crippen LogP contribution in [0.5, 0.6) is 0 Å². The molecule has 0 bridgehead atoms. The van der Waals surface area contributed by atoms with Gasteiger partial charge in [0.1, 0.15) is 11.6 Å². The zero-order valence-electron chi connectivity index (χ0n) is 20.9. The molecule has 0 spiro atoms. The number of hydrogen-bond acceptors (Lipinski definition) is 4. The highest BCUT2D eigenvalue weighted by molar-refractivity contribution is 6.69. The van der Waals surface area contributed by atoms with E-state index in [1.54, 1.807) is 0 Å². The first-order chi connectivity index (χ1) is 16.3. The molecule has 178 valence electrons. The molecule has 0 saturated heterocycles. The zero-order chi connectivity index (χ0) is 24.2. The molecule has 0 aliphatic carbocycles. The van der Waals surface area contributed by atoms with Gasteiger partial charge in [0.15, 0.2) is 14.0 Å². The Morgan fingerprint density at radius 1 is 0.912 bits per heavy atom. The number of ether oxygens (including phenoxy) is 1. The van der Waals surface area contributed by atoms with Crippen LogP contribution < -0.4 is 0 Å². The van der Waals surface area contributed by atoms with Crippen LogP contribution >= 0.6 is 0 Å². The van der Waals surface area contributed by atoms with Crippen LogP contribution in [-0.2, 0) is 21.3 Å². The first kappa shape index (κ1) is 24.3. The molecule has 1 heterocycles. The summed E-state index contributed by atoms with van der Waals surface area (Å²) in [7, 11) is -1.99. The molecular formula is C28H35N3O2Si. The first-order valence-electron chi connectivity index (χ1n) is 12.1. The molecule has 2 unspecified atom stereocenters. The van der Waals surface area contributed by atoms with Gasteiger partial charge in [-0.05, 0) is 63.2 Å². The quantitative estimate of drug-likeness (QED) is 0.242. The number of aromatic nitrogens is 3. The zero-order valence-corrected chi connectivity index (χ0v) is 21.9. The van der Waals surface area contributed by atoms with Crippen LogP contribution in [0.3, 0.4) is 0 Å². The second-order valence-electron chi connectivity index (χ2n) is 9.77. The first-order valence-corrected chi connectivity index (χ1v) is 15.5. The highest BCUT2D eigenvalue weighted by Crippen LogP contribution is 2.43. The van der Waals surface area contributed by atoms with Crippen molar-refractivity contribution in [3.63, 3.8) is 0 Å². The van der Waals surface area contributed by atoms with Crippen LogP contribution in [0.1, 0.15) is 36.1 Å². The van der Waals surface area contributed by atoms with Gasteiger partial charge in [-0.3, -0.25) is 0 Å². The number of benzene rings is 3. The van der Waals surface area contributed by atoms with E-state index < -0.39 is 14.0 Å². The Balaban J connectivity index is 1.92. The molecule has 3 aromatic carbocycles. The molecule has 34 heavy (non-hydrogen) atoms. The molecule has 5 nitrogen and oxygen atoms in total. The summed E-state index contributed by atoms with van der Waals surface area (Å²) in [5.41, 5.74) is 4.49. The van der Waals surface area contributed by atoms with Crippen molar-refractivity contribution in [2.75, 3.05) is 6.61 Å². The summed E-state index contributed by atoms with van der Waals surface area (Å²) in [6.07, 6.45) is 1.18.